The first kappa shape index (κ1) is 30.5. The Hall–Kier alpha value is -3.06. The van der Waals surface area contributed by atoms with E-state index in [-0.39, 0.29) is 27.6 Å². The van der Waals surface area contributed by atoms with Gasteiger partial charge in [-0.1, -0.05) is 90.1 Å². The number of phenols is 1. The second-order valence-electron chi connectivity index (χ2n) is 10.4. The first-order valence-electron chi connectivity index (χ1n) is 13.2. The molecular formula is C33H38O4S2. The summed E-state index contributed by atoms with van der Waals surface area (Å²) >= 11 is 0. The summed E-state index contributed by atoms with van der Waals surface area (Å²) in [6.45, 7) is 11.8. The van der Waals surface area contributed by atoms with Crippen molar-refractivity contribution in [2.75, 3.05) is 0 Å². The van der Waals surface area contributed by atoms with E-state index in [2.05, 4.69) is 62.4 Å². The molecule has 0 amide bonds. The average Bonchev–Trinajstić information content (AvgIpc) is 2.90. The minimum absolute atomic E-state index is 0.00919. The van der Waals surface area contributed by atoms with Gasteiger partial charge in [0.25, 0.3) is 0 Å². The summed E-state index contributed by atoms with van der Waals surface area (Å²) in [4.78, 5) is 3.76. The quantitative estimate of drug-likeness (QED) is 0.181. The minimum Gasteiger partial charge on any atom is -0.744 e. The van der Waals surface area contributed by atoms with Gasteiger partial charge in [-0.05, 0) is 83.0 Å². The van der Waals surface area contributed by atoms with Crippen molar-refractivity contribution in [1.29, 1.82) is 0 Å². The van der Waals surface area contributed by atoms with E-state index in [1.807, 2.05) is 64.1 Å². The Bertz CT molecular complexity index is 1380. The van der Waals surface area contributed by atoms with Crippen molar-refractivity contribution in [3.8, 4) is 5.75 Å². The Morgan fingerprint density at radius 3 is 1.33 bits per heavy atom. The molecule has 0 heterocycles. The second kappa shape index (κ2) is 13.3. The van der Waals surface area contributed by atoms with Crippen molar-refractivity contribution in [3.05, 3.63) is 114 Å². The Balaban J connectivity index is 0.000000216. The molecule has 0 spiro atoms. The standard InChI is InChI=1S/C18H14OS.C15H24O3S/c19-15-11-13-18(14-12-15)20(16-7-3-1-4-8-16)17-9-5-2-6-10-17;1-9(2)12-7-13(10(3)4)15(19(16,17)18)14(8-12)11(5)6/h1-14H;7-11H,1-6H3,(H,16,17,18). The summed E-state index contributed by atoms with van der Waals surface area (Å²) in [5.41, 5.74) is 2.37. The van der Waals surface area contributed by atoms with Crippen molar-refractivity contribution in [2.24, 2.45) is 0 Å². The van der Waals surface area contributed by atoms with E-state index >= 15 is 0 Å². The van der Waals surface area contributed by atoms with E-state index in [0.29, 0.717) is 22.8 Å². The van der Waals surface area contributed by atoms with Crippen LogP contribution in [0.3, 0.4) is 0 Å². The largest absolute Gasteiger partial charge is 0.744 e. The van der Waals surface area contributed by atoms with Crippen LogP contribution in [0.1, 0.15) is 76.0 Å². The Labute approximate surface area is 236 Å². The Morgan fingerprint density at radius 1 is 0.615 bits per heavy atom. The van der Waals surface area contributed by atoms with Crippen molar-refractivity contribution in [1.82, 2.24) is 0 Å². The van der Waals surface area contributed by atoms with Crippen LogP contribution in [0.4, 0.5) is 0 Å². The number of rotatable bonds is 7. The highest BCUT2D eigenvalue weighted by molar-refractivity contribution is 7.97. The third kappa shape index (κ3) is 7.98. The van der Waals surface area contributed by atoms with E-state index in [4.69, 9.17) is 0 Å². The first-order valence-corrected chi connectivity index (χ1v) is 15.8. The molecule has 0 aromatic heterocycles. The Kier molecular flexibility index (Phi) is 10.4. The average molecular weight is 563 g/mol. The third-order valence-corrected chi connectivity index (χ3v) is 9.56. The number of hydrogen-bond donors (Lipinski definition) is 1. The maximum absolute atomic E-state index is 11.6. The van der Waals surface area contributed by atoms with Gasteiger partial charge in [0, 0.05) is 0 Å². The Morgan fingerprint density at radius 2 is 1.00 bits per heavy atom. The molecule has 6 heteroatoms. The fourth-order valence-corrected chi connectivity index (χ4v) is 7.53. The number of aromatic hydroxyl groups is 1. The molecule has 0 saturated carbocycles. The molecule has 206 valence electrons. The van der Waals surface area contributed by atoms with Gasteiger partial charge in [-0.25, -0.2) is 8.42 Å². The molecule has 0 radical (unpaired) electrons. The fraction of sp³-hybridized carbons (Fsp3) is 0.273. The van der Waals surface area contributed by atoms with Crippen LogP contribution in [0, 0.1) is 0 Å². The first-order chi connectivity index (χ1) is 18.4. The molecule has 0 fully saturated rings. The molecule has 4 nitrogen and oxygen atoms in total. The normalized spacial score (nSPS) is 11.7. The lowest BCUT2D eigenvalue weighted by molar-refractivity contribution is 0.459. The van der Waals surface area contributed by atoms with Gasteiger partial charge >= 0.3 is 0 Å². The maximum atomic E-state index is 11.6. The molecule has 0 saturated heterocycles. The lowest BCUT2D eigenvalue weighted by atomic mass is 9.89. The molecule has 4 aromatic carbocycles. The van der Waals surface area contributed by atoms with Gasteiger partial charge in [-0.15, -0.1) is 0 Å². The SMILES string of the molecule is CC(C)c1cc(C(C)C)c(S(=O)(=O)[O-])c(C(C)C)c1.Oc1ccc([S+](c2ccccc2)c2ccccc2)cc1. The maximum Gasteiger partial charge on any atom is 0.166 e. The molecule has 0 atom stereocenters. The highest BCUT2D eigenvalue weighted by atomic mass is 32.2. The zero-order valence-electron chi connectivity index (χ0n) is 23.5. The van der Waals surface area contributed by atoms with Crippen molar-refractivity contribution < 1.29 is 18.1 Å². The van der Waals surface area contributed by atoms with Crippen molar-refractivity contribution in [2.45, 2.75) is 78.9 Å². The van der Waals surface area contributed by atoms with Crippen LogP contribution in [0.15, 0.2) is 117 Å². The van der Waals surface area contributed by atoms with E-state index < -0.39 is 10.1 Å². The van der Waals surface area contributed by atoms with Crippen LogP contribution < -0.4 is 0 Å². The molecule has 1 N–H and O–H groups in total. The predicted octanol–water partition coefficient (Wildman–Crippen LogP) is 8.45. The summed E-state index contributed by atoms with van der Waals surface area (Å²) in [5.74, 6) is 0.627. The topological polar surface area (TPSA) is 77.4 Å². The number of benzene rings is 4. The van der Waals surface area contributed by atoms with Crippen LogP contribution in [-0.2, 0) is 21.0 Å². The van der Waals surface area contributed by atoms with Gasteiger partial charge < -0.3 is 9.66 Å². The molecule has 0 aliphatic carbocycles. The van der Waals surface area contributed by atoms with Crippen LogP contribution in [0.25, 0.3) is 0 Å². The van der Waals surface area contributed by atoms with Crippen molar-refractivity contribution >= 4 is 21.0 Å². The van der Waals surface area contributed by atoms with E-state index in [0.717, 1.165) is 5.56 Å². The lowest BCUT2D eigenvalue weighted by Gasteiger charge is -2.24. The summed E-state index contributed by atoms with van der Waals surface area (Å²) in [6.07, 6.45) is 0. The molecule has 0 aliphatic heterocycles. The monoisotopic (exact) mass is 562 g/mol. The minimum atomic E-state index is -4.45. The summed E-state index contributed by atoms with van der Waals surface area (Å²) < 4.78 is 34.8. The third-order valence-electron chi connectivity index (χ3n) is 6.36. The van der Waals surface area contributed by atoms with E-state index in [1.165, 1.54) is 14.7 Å². The summed E-state index contributed by atoms with van der Waals surface area (Å²) in [7, 11) is -4.58. The van der Waals surface area contributed by atoms with Gasteiger partial charge in [0.05, 0.1) is 15.8 Å². The molecule has 0 bridgehead atoms. The second-order valence-corrected chi connectivity index (χ2v) is 13.7. The molecule has 0 unspecified atom stereocenters. The highest BCUT2D eigenvalue weighted by Crippen LogP contribution is 2.35. The van der Waals surface area contributed by atoms with Crippen LogP contribution >= 0.6 is 0 Å². The predicted molar refractivity (Wildman–Crippen MR) is 160 cm³/mol. The number of phenolic OH excluding ortho intramolecular Hbond substituents is 1. The van der Waals surface area contributed by atoms with Crippen LogP contribution in [-0.4, -0.2) is 18.1 Å². The molecular weight excluding hydrogens is 524 g/mol. The molecule has 0 aliphatic rings. The van der Waals surface area contributed by atoms with Gasteiger partial charge in [-0.3, -0.25) is 0 Å². The lowest BCUT2D eigenvalue weighted by Crippen LogP contribution is -2.11. The molecule has 4 rings (SSSR count). The zero-order chi connectivity index (χ0) is 28.7. The molecule has 39 heavy (non-hydrogen) atoms. The van der Waals surface area contributed by atoms with Gasteiger partial charge in [0.1, 0.15) is 15.9 Å². The van der Waals surface area contributed by atoms with E-state index in [9.17, 15) is 18.1 Å². The van der Waals surface area contributed by atoms with E-state index in [1.54, 1.807) is 12.1 Å². The summed E-state index contributed by atoms with van der Waals surface area (Å²) in [5, 5.41) is 9.48. The van der Waals surface area contributed by atoms with Gasteiger partial charge in [0.2, 0.25) is 0 Å². The summed E-state index contributed by atoms with van der Waals surface area (Å²) in [6, 6.07) is 32.2. The molecule has 4 aromatic rings. The van der Waals surface area contributed by atoms with Crippen LogP contribution in [0.2, 0.25) is 0 Å². The smallest absolute Gasteiger partial charge is 0.166 e. The number of hydrogen-bond acceptors (Lipinski definition) is 4. The zero-order valence-corrected chi connectivity index (χ0v) is 25.1. The van der Waals surface area contributed by atoms with Gasteiger partial charge in [-0.2, -0.15) is 0 Å². The van der Waals surface area contributed by atoms with Crippen molar-refractivity contribution in [3.63, 3.8) is 0 Å². The highest BCUT2D eigenvalue weighted by Gasteiger charge is 2.28. The van der Waals surface area contributed by atoms with Gasteiger partial charge in [0.15, 0.2) is 14.7 Å². The fourth-order valence-electron chi connectivity index (χ4n) is 4.28. The van der Waals surface area contributed by atoms with Crippen LogP contribution in [0.5, 0.6) is 5.75 Å².